The smallest absolute Gasteiger partial charge is 0.272 e. The summed E-state index contributed by atoms with van der Waals surface area (Å²) in [6.07, 6.45) is 1.57. The lowest BCUT2D eigenvalue weighted by molar-refractivity contribution is -0.252. The van der Waals surface area contributed by atoms with Crippen LogP contribution < -0.4 is 5.32 Å². The molecule has 10 heteroatoms. The maximum Gasteiger partial charge on any atom is 0.272 e. The van der Waals surface area contributed by atoms with Crippen molar-refractivity contribution in [1.29, 1.82) is 0 Å². The molecule has 1 aliphatic heterocycles. The number of hydrogen-bond donors (Lipinski definition) is 2. The van der Waals surface area contributed by atoms with E-state index in [-0.39, 0.29) is 25.4 Å². The fraction of sp³-hybridized carbons (Fsp3) is 0.235. The van der Waals surface area contributed by atoms with Crippen molar-refractivity contribution in [1.82, 2.24) is 14.9 Å². The highest BCUT2D eigenvalue weighted by atomic mass is 35.6. The van der Waals surface area contributed by atoms with E-state index in [9.17, 15) is 9.90 Å². The predicted molar refractivity (Wildman–Crippen MR) is 172 cm³/mol. The standard InChI is InChI=1S/C34H30Cl3N3O4/c35-34(36,37)33(42)38-18-26-5-1-2-6-28(26)23-13-15-25(16-14-23)32-43-27(19-40-21-39-29-7-3-4-8-30(29)40)17-31(44-32)24-11-9-22(20-41)10-12-24/h1-16,21,27,31-32,41H,17-20H2,(H,38,42)/t27-,31+,32+/m0/s1. The number of halogens is 3. The first kappa shape index (κ1) is 30.6. The molecule has 1 aliphatic rings. The van der Waals surface area contributed by atoms with Crippen molar-refractivity contribution in [3.8, 4) is 11.1 Å². The number of alkyl halides is 3. The number of nitrogens with zero attached hydrogens (tertiary/aromatic N) is 2. The minimum Gasteiger partial charge on any atom is -0.392 e. The van der Waals surface area contributed by atoms with Gasteiger partial charge in [0.05, 0.1) is 42.7 Å². The van der Waals surface area contributed by atoms with Crippen LogP contribution in [0, 0.1) is 0 Å². The molecule has 44 heavy (non-hydrogen) atoms. The average Bonchev–Trinajstić information content (AvgIpc) is 3.45. The summed E-state index contributed by atoms with van der Waals surface area (Å²) in [4.78, 5) is 16.7. The summed E-state index contributed by atoms with van der Waals surface area (Å²) in [5.74, 6) is -0.682. The summed E-state index contributed by atoms with van der Waals surface area (Å²) in [5, 5.41) is 12.2. The molecule has 5 aromatic rings. The highest BCUT2D eigenvalue weighted by Gasteiger charge is 2.33. The molecule has 0 radical (unpaired) electrons. The van der Waals surface area contributed by atoms with Crippen molar-refractivity contribution in [3.05, 3.63) is 126 Å². The van der Waals surface area contributed by atoms with Crippen molar-refractivity contribution < 1.29 is 19.4 Å². The maximum atomic E-state index is 12.1. The van der Waals surface area contributed by atoms with Crippen LogP contribution in [0.2, 0.25) is 0 Å². The van der Waals surface area contributed by atoms with Gasteiger partial charge < -0.3 is 24.5 Å². The van der Waals surface area contributed by atoms with Gasteiger partial charge in [0.2, 0.25) is 0 Å². The first-order valence-electron chi connectivity index (χ1n) is 14.2. The fourth-order valence-corrected chi connectivity index (χ4v) is 5.66. The Morgan fingerprint density at radius 2 is 1.61 bits per heavy atom. The molecule has 226 valence electrons. The van der Waals surface area contributed by atoms with E-state index in [0.717, 1.165) is 44.4 Å². The summed E-state index contributed by atoms with van der Waals surface area (Å²) in [7, 11) is 0. The number of carbonyl (C=O) groups excluding carboxylic acids is 1. The molecule has 7 nitrogen and oxygen atoms in total. The molecule has 0 spiro atoms. The van der Waals surface area contributed by atoms with Gasteiger partial charge in [-0.25, -0.2) is 4.98 Å². The lowest BCUT2D eigenvalue weighted by atomic mass is 9.97. The van der Waals surface area contributed by atoms with Gasteiger partial charge in [0.1, 0.15) is 0 Å². The number of carbonyl (C=O) groups is 1. The van der Waals surface area contributed by atoms with E-state index in [2.05, 4.69) is 20.9 Å². The predicted octanol–water partition coefficient (Wildman–Crippen LogP) is 7.43. The third kappa shape index (κ3) is 6.94. The fourth-order valence-electron chi connectivity index (χ4n) is 5.46. The molecule has 1 saturated heterocycles. The van der Waals surface area contributed by atoms with Crippen LogP contribution in [0.15, 0.2) is 103 Å². The second kappa shape index (κ2) is 13.3. The van der Waals surface area contributed by atoms with E-state index in [1.54, 1.807) is 0 Å². The van der Waals surface area contributed by atoms with Crippen LogP contribution in [0.4, 0.5) is 0 Å². The van der Waals surface area contributed by atoms with Crippen molar-refractivity contribution in [3.63, 3.8) is 0 Å². The van der Waals surface area contributed by atoms with Crippen LogP contribution in [0.3, 0.4) is 0 Å². The van der Waals surface area contributed by atoms with Gasteiger partial charge in [0.15, 0.2) is 6.29 Å². The molecule has 6 rings (SSSR count). The highest BCUT2D eigenvalue weighted by molar-refractivity contribution is 6.76. The molecule has 2 heterocycles. The van der Waals surface area contributed by atoms with Crippen molar-refractivity contribution in [2.75, 3.05) is 0 Å². The number of rotatable bonds is 8. The Morgan fingerprint density at radius 3 is 2.36 bits per heavy atom. The Hall–Kier alpha value is -3.43. The zero-order valence-electron chi connectivity index (χ0n) is 23.6. The Balaban J connectivity index is 1.24. The summed E-state index contributed by atoms with van der Waals surface area (Å²) in [6.45, 7) is 0.820. The van der Waals surface area contributed by atoms with Gasteiger partial charge in [0, 0.05) is 18.5 Å². The number of aromatic nitrogens is 2. The van der Waals surface area contributed by atoms with E-state index in [1.165, 1.54) is 0 Å². The highest BCUT2D eigenvalue weighted by Crippen LogP contribution is 2.39. The lowest BCUT2D eigenvalue weighted by Crippen LogP contribution is -2.34. The Bertz CT molecular complexity index is 1740. The SMILES string of the molecule is O=C(NCc1ccccc1-c1ccc([C@@H]2O[C@H](Cn3cnc4ccccc43)C[C@H](c3ccc(CO)cc3)O2)cc1)C(Cl)(Cl)Cl. The number of amides is 1. The molecule has 0 unspecified atom stereocenters. The molecule has 1 fully saturated rings. The van der Waals surface area contributed by atoms with Crippen LogP contribution in [-0.4, -0.2) is 30.5 Å². The number of hydrogen-bond acceptors (Lipinski definition) is 5. The van der Waals surface area contributed by atoms with Gasteiger partial charge in [0.25, 0.3) is 9.70 Å². The maximum absolute atomic E-state index is 12.1. The topological polar surface area (TPSA) is 85.6 Å². The van der Waals surface area contributed by atoms with Crippen LogP contribution >= 0.6 is 34.8 Å². The first-order valence-corrected chi connectivity index (χ1v) is 15.4. The van der Waals surface area contributed by atoms with Gasteiger partial charge in [-0.3, -0.25) is 4.79 Å². The molecule has 0 saturated carbocycles. The van der Waals surface area contributed by atoms with E-state index < -0.39 is 16.0 Å². The van der Waals surface area contributed by atoms with Gasteiger partial charge in [-0.1, -0.05) is 120 Å². The third-order valence-electron chi connectivity index (χ3n) is 7.75. The van der Waals surface area contributed by atoms with Crippen LogP contribution in [-0.2, 0) is 34.0 Å². The molecule has 1 amide bonds. The molecular formula is C34H30Cl3N3O4. The number of benzene rings is 4. The number of aliphatic hydroxyl groups excluding tert-OH is 1. The molecule has 1 aromatic heterocycles. The minimum atomic E-state index is -2.03. The Labute approximate surface area is 270 Å². The number of aliphatic hydroxyl groups is 1. The largest absolute Gasteiger partial charge is 0.392 e. The van der Waals surface area contributed by atoms with E-state index in [1.807, 2.05) is 97.3 Å². The molecule has 4 aromatic carbocycles. The van der Waals surface area contributed by atoms with Crippen LogP contribution in [0.1, 0.15) is 41.1 Å². The molecular weight excluding hydrogens is 621 g/mol. The number of para-hydroxylation sites is 2. The molecule has 3 atom stereocenters. The van der Waals surface area contributed by atoms with E-state index in [4.69, 9.17) is 44.3 Å². The number of ether oxygens (including phenoxy) is 2. The molecule has 0 aliphatic carbocycles. The summed E-state index contributed by atoms with van der Waals surface area (Å²) in [5.41, 5.74) is 7.53. The monoisotopic (exact) mass is 649 g/mol. The summed E-state index contributed by atoms with van der Waals surface area (Å²) >= 11 is 17.2. The Kier molecular flexibility index (Phi) is 9.23. The van der Waals surface area contributed by atoms with Crippen molar-refractivity contribution in [2.24, 2.45) is 0 Å². The Morgan fingerprint density at radius 1 is 0.909 bits per heavy atom. The zero-order chi connectivity index (χ0) is 30.7. The number of nitrogens with one attached hydrogen (secondary N) is 1. The summed E-state index contributed by atoms with van der Waals surface area (Å²) < 4.78 is 13.2. The quantitative estimate of drug-likeness (QED) is 0.171. The number of fused-ring (bicyclic) bond motifs is 1. The van der Waals surface area contributed by atoms with Crippen LogP contribution in [0.25, 0.3) is 22.2 Å². The average molecular weight is 651 g/mol. The van der Waals surface area contributed by atoms with Crippen molar-refractivity contribution >= 4 is 51.7 Å². The van der Waals surface area contributed by atoms with Crippen LogP contribution in [0.5, 0.6) is 0 Å². The number of imidazole rings is 1. The lowest BCUT2D eigenvalue weighted by Gasteiger charge is -2.36. The van der Waals surface area contributed by atoms with Gasteiger partial charge in [-0.15, -0.1) is 0 Å². The third-order valence-corrected chi connectivity index (χ3v) is 8.27. The zero-order valence-corrected chi connectivity index (χ0v) is 25.8. The summed E-state index contributed by atoms with van der Waals surface area (Å²) in [6, 6.07) is 31.7. The van der Waals surface area contributed by atoms with Gasteiger partial charge in [-0.05, 0) is 39.9 Å². The van der Waals surface area contributed by atoms with Gasteiger partial charge in [-0.2, -0.15) is 0 Å². The normalized spacial score (nSPS) is 18.8. The van der Waals surface area contributed by atoms with Gasteiger partial charge >= 0.3 is 0 Å². The molecule has 2 N–H and O–H groups in total. The van der Waals surface area contributed by atoms with E-state index >= 15 is 0 Å². The minimum absolute atomic E-state index is 0.0113. The van der Waals surface area contributed by atoms with Crippen molar-refractivity contribution in [2.45, 2.75) is 48.4 Å². The first-order chi connectivity index (χ1) is 21.3. The van der Waals surface area contributed by atoms with E-state index in [0.29, 0.717) is 13.0 Å². The molecule has 0 bridgehead atoms. The second-order valence-electron chi connectivity index (χ2n) is 10.7. The second-order valence-corrected chi connectivity index (χ2v) is 13.0.